The molecule has 1 atom stereocenters. The number of hydrogen-bond donors (Lipinski definition) is 1. The van der Waals surface area contributed by atoms with E-state index in [1.54, 1.807) is 9.13 Å². The third-order valence-corrected chi connectivity index (χ3v) is 5.65. The van der Waals surface area contributed by atoms with Crippen molar-refractivity contribution < 1.29 is 0 Å². The standard InChI is InChI=1S/C21H18BrN5O/c1-2-15-12-26-19(23-15)17-20(27(21(26)28)16-6-4-3-5-7-16)25-18(24-17)13-8-10-14(22)11-9-13/h3-11,15,23H,2,12H2,1H3. The summed E-state index contributed by atoms with van der Waals surface area (Å²) in [7, 11) is 0. The molecule has 3 aliphatic rings. The number of anilines is 1. The molecule has 5 rings (SSSR count). The second kappa shape index (κ2) is 6.60. The maximum Gasteiger partial charge on any atom is 0.336 e. The van der Waals surface area contributed by atoms with Gasteiger partial charge in [-0.25, -0.2) is 19.3 Å². The molecule has 0 aliphatic carbocycles. The van der Waals surface area contributed by atoms with Gasteiger partial charge in [-0.3, -0.25) is 4.57 Å². The van der Waals surface area contributed by atoms with Crippen molar-refractivity contribution in [3.05, 3.63) is 69.6 Å². The maximum absolute atomic E-state index is 13.3. The molecule has 3 heterocycles. The molecule has 140 valence electrons. The van der Waals surface area contributed by atoms with Crippen LogP contribution in [0.2, 0.25) is 0 Å². The van der Waals surface area contributed by atoms with E-state index < -0.39 is 0 Å². The van der Waals surface area contributed by atoms with Gasteiger partial charge in [0.1, 0.15) is 11.5 Å². The topological polar surface area (TPSA) is 64.7 Å². The zero-order valence-electron chi connectivity index (χ0n) is 15.3. The highest BCUT2D eigenvalue weighted by Gasteiger charge is 2.31. The first-order valence-corrected chi connectivity index (χ1v) is 10.1. The van der Waals surface area contributed by atoms with E-state index in [4.69, 9.17) is 9.97 Å². The first kappa shape index (κ1) is 17.2. The smallest absolute Gasteiger partial charge is 0.336 e. The minimum absolute atomic E-state index is 0.0978. The molecule has 3 aliphatic heterocycles. The largest absolute Gasteiger partial charge is 0.365 e. The Morgan fingerprint density at radius 3 is 2.57 bits per heavy atom. The fourth-order valence-electron chi connectivity index (χ4n) is 3.63. The van der Waals surface area contributed by atoms with Gasteiger partial charge in [-0.05, 0) is 30.7 Å². The van der Waals surface area contributed by atoms with E-state index in [0.717, 1.165) is 33.7 Å². The molecule has 1 N–H and O–H groups in total. The molecule has 28 heavy (non-hydrogen) atoms. The molecule has 0 fully saturated rings. The molecule has 7 heteroatoms. The van der Waals surface area contributed by atoms with Crippen LogP contribution in [0, 0.1) is 0 Å². The van der Waals surface area contributed by atoms with Crippen LogP contribution < -0.4 is 11.0 Å². The molecule has 2 aromatic carbocycles. The molecule has 2 aromatic rings. The van der Waals surface area contributed by atoms with E-state index in [1.807, 2.05) is 54.6 Å². The second-order valence-electron chi connectivity index (χ2n) is 6.89. The van der Waals surface area contributed by atoms with Crippen LogP contribution in [0.5, 0.6) is 0 Å². The highest BCUT2D eigenvalue weighted by Crippen LogP contribution is 2.34. The summed E-state index contributed by atoms with van der Waals surface area (Å²) in [5.41, 5.74) is 2.32. The zero-order valence-corrected chi connectivity index (χ0v) is 16.8. The fourth-order valence-corrected chi connectivity index (χ4v) is 3.89. The van der Waals surface area contributed by atoms with Crippen LogP contribution in [-0.2, 0) is 6.54 Å². The van der Waals surface area contributed by atoms with Crippen LogP contribution in [0.25, 0.3) is 28.6 Å². The number of hydrogen-bond acceptors (Lipinski definition) is 4. The van der Waals surface area contributed by atoms with Gasteiger partial charge in [0, 0.05) is 22.6 Å². The van der Waals surface area contributed by atoms with Crippen molar-refractivity contribution in [2.45, 2.75) is 25.9 Å². The number of nitrogens with zero attached hydrogens (tertiary/aromatic N) is 4. The summed E-state index contributed by atoms with van der Waals surface area (Å²) in [5, 5.41) is 3.46. The van der Waals surface area contributed by atoms with Crippen molar-refractivity contribution in [2.75, 3.05) is 5.32 Å². The van der Waals surface area contributed by atoms with E-state index in [-0.39, 0.29) is 11.7 Å². The number of imidazole rings is 1. The highest BCUT2D eigenvalue weighted by molar-refractivity contribution is 9.10. The number of rotatable bonds is 3. The van der Waals surface area contributed by atoms with Crippen molar-refractivity contribution in [1.29, 1.82) is 0 Å². The first-order chi connectivity index (χ1) is 13.7. The highest BCUT2D eigenvalue weighted by atomic mass is 79.9. The van der Waals surface area contributed by atoms with E-state index in [2.05, 4.69) is 28.2 Å². The first-order valence-electron chi connectivity index (χ1n) is 9.27. The minimum atomic E-state index is -0.0978. The van der Waals surface area contributed by atoms with E-state index in [0.29, 0.717) is 18.2 Å². The third-order valence-electron chi connectivity index (χ3n) is 5.12. The Morgan fingerprint density at radius 2 is 1.86 bits per heavy atom. The molecular formula is C21H18BrN5O. The second-order valence-corrected chi connectivity index (χ2v) is 7.80. The van der Waals surface area contributed by atoms with Gasteiger partial charge in [0.15, 0.2) is 11.6 Å². The molecule has 6 nitrogen and oxygen atoms in total. The van der Waals surface area contributed by atoms with Gasteiger partial charge in [-0.15, -0.1) is 0 Å². The van der Waals surface area contributed by atoms with Crippen molar-refractivity contribution in [1.82, 2.24) is 19.1 Å². The number of benzene rings is 2. The van der Waals surface area contributed by atoms with E-state index in [1.165, 1.54) is 0 Å². The molecule has 1 unspecified atom stereocenters. The van der Waals surface area contributed by atoms with Crippen LogP contribution in [0.3, 0.4) is 0 Å². The quantitative estimate of drug-likeness (QED) is 0.524. The maximum atomic E-state index is 13.3. The van der Waals surface area contributed by atoms with Gasteiger partial charge in [0.25, 0.3) is 0 Å². The summed E-state index contributed by atoms with van der Waals surface area (Å²) in [6.45, 7) is 2.74. The summed E-state index contributed by atoms with van der Waals surface area (Å²) < 4.78 is 4.44. The van der Waals surface area contributed by atoms with Crippen LogP contribution in [-0.4, -0.2) is 25.1 Å². The Morgan fingerprint density at radius 1 is 1.11 bits per heavy atom. The van der Waals surface area contributed by atoms with Gasteiger partial charge in [0.05, 0.1) is 5.69 Å². The predicted molar refractivity (Wildman–Crippen MR) is 113 cm³/mol. The van der Waals surface area contributed by atoms with Gasteiger partial charge >= 0.3 is 5.69 Å². The Hall–Kier alpha value is -2.93. The summed E-state index contributed by atoms with van der Waals surface area (Å²) in [4.78, 5) is 22.9. The van der Waals surface area contributed by atoms with Crippen molar-refractivity contribution in [3.8, 4) is 28.6 Å². The predicted octanol–water partition coefficient (Wildman–Crippen LogP) is 4.17. The van der Waals surface area contributed by atoms with Crippen molar-refractivity contribution in [3.63, 3.8) is 0 Å². The lowest BCUT2D eigenvalue weighted by molar-refractivity contribution is 0.601. The molecule has 0 saturated carbocycles. The van der Waals surface area contributed by atoms with Gasteiger partial charge in [0.2, 0.25) is 0 Å². The fraction of sp³-hybridized carbons (Fsp3) is 0.190. The third kappa shape index (κ3) is 2.65. The molecule has 0 saturated heterocycles. The minimum Gasteiger partial charge on any atom is -0.365 e. The number of nitrogens with one attached hydrogen (secondary N) is 1. The summed E-state index contributed by atoms with van der Waals surface area (Å²) in [6, 6.07) is 17.7. The number of aromatic nitrogens is 4. The van der Waals surface area contributed by atoms with Crippen LogP contribution in [0.1, 0.15) is 13.3 Å². The Labute approximate surface area is 170 Å². The summed E-state index contributed by atoms with van der Waals surface area (Å²) in [5.74, 6) is 1.95. The average molecular weight is 436 g/mol. The van der Waals surface area contributed by atoms with E-state index in [9.17, 15) is 4.79 Å². The molecule has 0 bridgehead atoms. The van der Waals surface area contributed by atoms with Crippen LogP contribution in [0.4, 0.5) is 5.82 Å². The van der Waals surface area contributed by atoms with Crippen LogP contribution in [0.15, 0.2) is 63.9 Å². The Bertz CT molecular complexity index is 1180. The molecule has 0 spiro atoms. The Kier molecular flexibility index (Phi) is 4.05. The number of fused-ring (bicyclic) bond motifs is 3. The number of halogens is 1. The van der Waals surface area contributed by atoms with Crippen LogP contribution >= 0.6 is 15.9 Å². The lowest BCUT2D eigenvalue weighted by atomic mass is 10.2. The number of para-hydroxylation sites is 1. The monoisotopic (exact) mass is 435 g/mol. The molecule has 0 radical (unpaired) electrons. The van der Waals surface area contributed by atoms with E-state index >= 15 is 0 Å². The normalized spacial score (nSPS) is 15.6. The average Bonchev–Trinajstić information content (AvgIpc) is 3.34. The molecule has 0 aromatic heterocycles. The van der Waals surface area contributed by atoms with Gasteiger partial charge < -0.3 is 5.32 Å². The zero-order chi connectivity index (χ0) is 19.3. The van der Waals surface area contributed by atoms with Crippen molar-refractivity contribution in [2.24, 2.45) is 0 Å². The lowest BCUT2D eigenvalue weighted by Crippen LogP contribution is -2.31. The van der Waals surface area contributed by atoms with Gasteiger partial charge in [-0.1, -0.05) is 53.2 Å². The lowest BCUT2D eigenvalue weighted by Gasteiger charge is -2.14. The summed E-state index contributed by atoms with van der Waals surface area (Å²) in [6.07, 6.45) is 0.932. The molecular weight excluding hydrogens is 418 g/mol. The molecule has 0 amide bonds. The van der Waals surface area contributed by atoms with Gasteiger partial charge in [-0.2, -0.15) is 0 Å². The van der Waals surface area contributed by atoms with Crippen molar-refractivity contribution >= 4 is 21.7 Å². The Balaban J connectivity index is 1.80. The SMILES string of the molecule is CCC1Cn2c(c3nc(-c4ccc(Br)cc4)nc-3n(-c3ccccc3)c2=O)N1. The summed E-state index contributed by atoms with van der Waals surface area (Å²) >= 11 is 3.46.